The highest BCUT2D eigenvalue weighted by Gasteiger charge is 2.23. The number of thioether (sulfide) groups is 1. The van der Waals surface area contributed by atoms with Crippen molar-refractivity contribution in [2.75, 3.05) is 13.7 Å². The first-order valence-electron chi connectivity index (χ1n) is 7.73. The van der Waals surface area contributed by atoms with E-state index in [1.165, 1.54) is 25.8 Å². The van der Waals surface area contributed by atoms with Gasteiger partial charge in [0.15, 0.2) is 11.6 Å². The predicted molar refractivity (Wildman–Crippen MR) is 98.4 cm³/mol. The third kappa shape index (κ3) is 4.42. The van der Waals surface area contributed by atoms with Gasteiger partial charge in [-0.1, -0.05) is 36.7 Å². The van der Waals surface area contributed by atoms with Gasteiger partial charge in [-0.2, -0.15) is 0 Å². The monoisotopic (exact) mass is 365 g/mol. The van der Waals surface area contributed by atoms with E-state index in [0.717, 1.165) is 24.4 Å². The summed E-state index contributed by atoms with van der Waals surface area (Å²) >= 11 is 7.32. The standard InChI is InChI=1S/C18H20ClNO3S/c1-4-5-8-20-11-17(12(2)21)24-18(20)10-15(22)14-9-13(19)6-7-16(14)23-3/h6-7,9-11H,4-5,8H2,1-3H3. The topological polar surface area (TPSA) is 46.6 Å². The minimum Gasteiger partial charge on any atom is -0.496 e. The summed E-state index contributed by atoms with van der Waals surface area (Å²) in [5.74, 6) is 0.276. The second-order valence-corrected chi connectivity index (χ2v) is 6.89. The molecule has 0 aliphatic carbocycles. The summed E-state index contributed by atoms with van der Waals surface area (Å²) < 4.78 is 5.24. The quantitative estimate of drug-likeness (QED) is 0.519. The molecule has 0 aromatic heterocycles. The fourth-order valence-corrected chi connectivity index (χ4v) is 3.39. The van der Waals surface area contributed by atoms with Crippen molar-refractivity contribution in [2.24, 2.45) is 0 Å². The van der Waals surface area contributed by atoms with Crippen LogP contribution in [0.25, 0.3) is 0 Å². The van der Waals surface area contributed by atoms with Crippen LogP contribution >= 0.6 is 23.4 Å². The van der Waals surface area contributed by atoms with Crippen molar-refractivity contribution < 1.29 is 14.3 Å². The van der Waals surface area contributed by atoms with Crippen molar-refractivity contribution >= 4 is 34.9 Å². The summed E-state index contributed by atoms with van der Waals surface area (Å²) in [5, 5.41) is 1.22. The largest absolute Gasteiger partial charge is 0.496 e. The average Bonchev–Trinajstić information content (AvgIpc) is 2.96. The molecule has 128 valence electrons. The number of ether oxygens (including phenoxy) is 1. The van der Waals surface area contributed by atoms with E-state index >= 15 is 0 Å². The summed E-state index contributed by atoms with van der Waals surface area (Å²) in [6.45, 7) is 4.40. The van der Waals surface area contributed by atoms with Crippen molar-refractivity contribution in [3.8, 4) is 5.75 Å². The Labute approximate surface area is 151 Å². The zero-order valence-electron chi connectivity index (χ0n) is 14.0. The lowest BCUT2D eigenvalue weighted by atomic mass is 10.1. The van der Waals surface area contributed by atoms with Gasteiger partial charge in [0, 0.05) is 23.8 Å². The molecule has 0 radical (unpaired) electrons. The number of nitrogens with zero attached hydrogens (tertiary/aromatic N) is 1. The number of hydrogen-bond acceptors (Lipinski definition) is 5. The van der Waals surface area contributed by atoms with Crippen LogP contribution in [0, 0.1) is 0 Å². The second kappa shape index (κ2) is 8.40. The lowest BCUT2D eigenvalue weighted by molar-refractivity contribution is -0.113. The minimum atomic E-state index is -0.198. The highest BCUT2D eigenvalue weighted by Crippen LogP contribution is 2.37. The summed E-state index contributed by atoms with van der Waals surface area (Å²) in [6, 6.07) is 4.94. The van der Waals surface area contributed by atoms with Crippen LogP contribution in [0.3, 0.4) is 0 Å². The van der Waals surface area contributed by atoms with Crippen LogP contribution in [-0.4, -0.2) is 30.1 Å². The van der Waals surface area contributed by atoms with Crippen LogP contribution in [0.1, 0.15) is 37.0 Å². The maximum atomic E-state index is 12.7. The van der Waals surface area contributed by atoms with Crippen LogP contribution in [0.4, 0.5) is 0 Å². The number of halogens is 1. The van der Waals surface area contributed by atoms with Crippen molar-refractivity contribution in [2.45, 2.75) is 26.7 Å². The number of carbonyl (C=O) groups excluding carboxylic acids is 2. The van der Waals surface area contributed by atoms with Crippen LogP contribution in [-0.2, 0) is 4.79 Å². The van der Waals surface area contributed by atoms with E-state index in [0.29, 0.717) is 21.2 Å². The molecular weight excluding hydrogens is 346 g/mol. The SMILES string of the molecule is CCCCN1C=C(C(C)=O)SC1=CC(=O)c1cc(Cl)ccc1OC. The molecule has 0 saturated heterocycles. The number of methoxy groups -OCH3 is 1. The molecule has 0 bridgehead atoms. The molecule has 1 heterocycles. The lowest BCUT2D eigenvalue weighted by Gasteiger charge is -2.16. The summed E-state index contributed by atoms with van der Waals surface area (Å²) in [7, 11) is 1.51. The van der Waals surface area contributed by atoms with Gasteiger partial charge >= 0.3 is 0 Å². The summed E-state index contributed by atoms with van der Waals surface area (Å²) in [4.78, 5) is 26.9. The van der Waals surface area contributed by atoms with E-state index < -0.39 is 0 Å². The van der Waals surface area contributed by atoms with E-state index in [9.17, 15) is 9.59 Å². The van der Waals surface area contributed by atoms with Crippen LogP contribution in [0.5, 0.6) is 5.75 Å². The van der Waals surface area contributed by atoms with E-state index in [1.807, 2.05) is 11.1 Å². The molecule has 24 heavy (non-hydrogen) atoms. The molecule has 1 aliphatic heterocycles. The van der Waals surface area contributed by atoms with Gasteiger partial charge in [-0.25, -0.2) is 0 Å². The molecule has 4 nitrogen and oxygen atoms in total. The van der Waals surface area contributed by atoms with Gasteiger partial charge in [0.25, 0.3) is 0 Å². The number of rotatable bonds is 7. The Bertz CT molecular complexity index is 712. The smallest absolute Gasteiger partial charge is 0.192 e. The molecule has 2 rings (SSSR count). The van der Waals surface area contributed by atoms with Gasteiger partial charge in [0.05, 0.1) is 22.6 Å². The van der Waals surface area contributed by atoms with Crippen molar-refractivity contribution in [1.29, 1.82) is 0 Å². The van der Waals surface area contributed by atoms with Gasteiger partial charge in [0.2, 0.25) is 0 Å². The third-order valence-electron chi connectivity index (χ3n) is 3.55. The van der Waals surface area contributed by atoms with Crippen LogP contribution in [0.2, 0.25) is 5.02 Å². The molecule has 0 spiro atoms. The third-order valence-corrected chi connectivity index (χ3v) is 4.96. The van der Waals surface area contributed by atoms with Crippen LogP contribution < -0.4 is 4.74 Å². The van der Waals surface area contributed by atoms with Gasteiger partial charge in [-0.3, -0.25) is 9.59 Å². The molecular formula is C18H20ClNO3S. The van der Waals surface area contributed by atoms with Crippen molar-refractivity contribution in [1.82, 2.24) is 4.90 Å². The fourth-order valence-electron chi connectivity index (χ4n) is 2.24. The summed E-state index contributed by atoms with van der Waals surface area (Å²) in [5.41, 5.74) is 0.407. The number of Topliss-reactive ketones (excluding diaryl/α,β-unsaturated/α-hetero) is 1. The number of unbranched alkanes of at least 4 members (excludes halogenated alkanes) is 1. The van der Waals surface area contributed by atoms with E-state index in [-0.39, 0.29) is 11.6 Å². The predicted octanol–water partition coefficient (Wildman–Crippen LogP) is 4.65. The number of ketones is 2. The molecule has 0 fully saturated rings. The number of allylic oxidation sites excluding steroid dienone is 2. The number of benzene rings is 1. The molecule has 0 amide bonds. The highest BCUT2D eigenvalue weighted by molar-refractivity contribution is 8.07. The van der Waals surface area contributed by atoms with Gasteiger partial charge in [-0.15, -0.1) is 0 Å². The van der Waals surface area contributed by atoms with Gasteiger partial charge in [0.1, 0.15) is 5.75 Å². The first kappa shape index (κ1) is 18.6. The first-order chi connectivity index (χ1) is 11.5. The Hall–Kier alpha value is -1.72. The fraction of sp³-hybridized carbons (Fsp3) is 0.333. The van der Waals surface area contributed by atoms with E-state index in [2.05, 4.69) is 6.92 Å². The van der Waals surface area contributed by atoms with E-state index in [1.54, 1.807) is 24.3 Å². The average molecular weight is 366 g/mol. The second-order valence-electron chi connectivity index (χ2n) is 5.39. The molecule has 0 unspecified atom stereocenters. The number of carbonyl (C=O) groups is 2. The zero-order valence-corrected chi connectivity index (χ0v) is 15.5. The molecule has 0 atom stereocenters. The molecule has 6 heteroatoms. The minimum absolute atomic E-state index is 0.00214. The number of hydrogen-bond donors (Lipinski definition) is 0. The van der Waals surface area contributed by atoms with E-state index in [4.69, 9.17) is 16.3 Å². The Morgan fingerprint density at radius 3 is 2.75 bits per heavy atom. The zero-order chi connectivity index (χ0) is 17.7. The molecule has 0 N–H and O–H groups in total. The Balaban J connectivity index is 2.30. The van der Waals surface area contributed by atoms with Gasteiger partial charge in [-0.05, 0) is 31.5 Å². The molecule has 1 aromatic carbocycles. The Kier molecular flexibility index (Phi) is 6.52. The summed E-state index contributed by atoms with van der Waals surface area (Å²) in [6.07, 6.45) is 5.37. The van der Waals surface area contributed by atoms with Crippen molar-refractivity contribution in [3.63, 3.8) is 0 Å². The highest BCUT2D eigenvalue weighted by atomic mass is 35.5. The first-order valence-corrected chi connectivity index (χ1v) is 8.92. The Morgan fingerprint density at radius 2 is 2.12 bits per heavy atom. The molecule has 0 saturated carbocycles. The maximum Gasteiger partial charge on any atom is 0.192 e. The Morgan fingerprint density at radius 1 is 1.38 bits per heavy atom. The molecule has 1 aliphatic rings. The molecule has 1 aromatic rings. The van der Waals surface area contributed by atoms with Crippen molar-refractivity contribution in [3.05, 3.63) is 51.0 Å². The van der Waals surface area contributed by atoms with Gasteiger partial charge < -0.3 is 9.64 Å². The normalized spacial score (nSPS) is 15.6. The van der Waals surface area contributed by atoms with Crippen LogP contribution in [0.15, 0.2) is 40.4 Å². The maximum absolute atomic E-state index is 12.7. The lowest BCUT2D eigenvalue weighted by Crippen LogP contribution is -2.14.